The van der Waals surface area contributed by atoms with Crippen LogP contribution in [0.25, 0.3) is 0 Å². The number of nitrogens with one attached hydrogen (secondary N) is 1. The van der Waals surface area contributed by atoms with Crippen molar-refractivity contribution in [3.63, 3.8) is 0 Å². The van der Waals surface area contributed by atoms with Crippen molar-refractivity contribution in [2.24, 2.45) is 5.73 Å². The summed E-state index contributed by atoms with van der Waals surface area (Å²) in [6.45, 7) is 3.76. The van der Waals surface area contributed by atoms with E-state index in [1.54, 1.807) is 11.8 Å². The highest BCUT2D eigenvalue weighted by atomic mass is 16.2. The maximum absolute atomic E-state index is 12.4. The number of rotatable bonds is 4. The molecule has 3 N–H and O–H groups in total. The first-order valence-electron chi connectivity index (χ1n) is 6.92. The van der Waals surface area contributed by atoms with Crippen molar-refractivity contribution in [2.75, 3.05) is 4.90 Å². The van der Waals surface area contributed by atoms with Crippen LogP contribution in [0.2, 0.25) is 0 Å². The molecule has 108 valence electrons. The molecular formula is C15H21N3O2. The number of carbonyl (C=O) groups excluding carboxylic acids is 2. The lowest BCUT2D eigenvalue weighted by Gasteiger charge is -2.21. The molecular weight excluding hydrogens is 254 g/mol. The molecule has 1 aliphatic rings. The van der Waals surface area contributed by atoms with Gasteiger partial charge in [0.15, 0.2) is 0 Å². The number of hydrogen-bond donors (Lipinski definition) is 2. The third-order valence-corrected chi connectivity index (χ3v) is 3.43. The summed E-state index contributed by atoms with van der Waals surface area (Å²) < 4.78 is 0. The molecule has 2 amide bonds. The van der Waals surface area contributed by atoms with E-state index in [-0.39, 0.29) is 30.3 Å². The van der Waals surface area contributed by atoms with E-state index in [1.807, 2.05) is 37.3 Å². The van der Waals surface area contributed by atoms with Gasteiger partial charge in [0.05, 0.1) is 0 Å². The summed E-state index contributed by atoms with van der Waals surface area (Å²) in [5, 5.41) is 2.78. The minimum Gasteiger partial charge on any atom is -0.344 e. The highest BCUT2D eigenvalue weighted by Crippen LogP contribution is 2.26. The van der Waals surface area contributed by atoms with Crippen molar-refractivity contribution in [1.82, 2.24) is 5.32 Å². The molecule has 0 bridgehead atoms. The van der Waals surface area contributed by atoms with Crippen molar-refractivity contribution in [3.05, 3.63) is 30.3 Å². The zero-order chi connectivity index (χ0) is 14.7. The van der Waals surface area contributed by atoms with Gasteiger partial charge >= 0.3 is 0 Å². The van der Waals surface area contributed by atoms with E-state index in [0.717, 1.165) is 5.69 Å². The monoisotopic (exact) mass is 275 g/mol. The fraction of sp³-hybridized carbons (Fsp3) is 0.467. The SMILES string of the molecule is CC(N)CC(=O)NC1CC(C)N(c2ccccc2)C1=O. The Kier molecular flexibility index (Phi) is 4.39. The van der Waals surface area contributed by atoms with Crippen molar-refractivity contribution in [3.8, 4) is 0 Å². The van der Waals surface area contributed by atoms with Gasteiger partial charge in [-0.25, -0.2) is 0 Å². The molecule has 1 fully saturated rings. The van der Waals surface area contributed by atoms with Crippen LogP contribution >= 0.6 is 0 Å². The predicted octanol–water partition coefficient (Wildman–Crippen LogP) is 1.03. The van der Waals surface area contributed by atoms with E-state index in [1.165, 1.54) is 0 Å². The predicted molar refractivity (Wildman–Crippen MR) is 78.2 cm³/mol. The van der Waals surface area contributed by atoms with Crippen LogP contribution in [0.3, 0.4) is 0 Å². The topological polar surface area (TPSA) is 75.4 Å². The van der Waals surface area contributed by atoms with Gasteiger partial charge in [0.25, 0.3) is 0 Å². The smallest absolute Gasteiger partial charge is 0.249 e. The van der Waals surface area contributed by atoms with Crippen LogP contribution in [-0.4, -0.2) is 29.9 Å². The summed E-state index contributed by atoms with van der Waals surface area (Å²) in [4.78, 5) is 25.9. The number of nitrogens with zero attached hydrogens (tertiary/aromatic N) is 1. The van der Waals surface area contributed by atoms with Crippen LogP contribution in [0.4, 0.5) is 5.69 Å². The maximum atomic E-state index is 12.4. The van der Waals surface area contributed by atoms with E-state index in [0.29, 0.717) is 6.42 Å². The highest BCUT2D eigenvalue weighted by molar-refractivity contribution is 6.02. The van der Waals surface area contributed by atoms with E-state index >= 15 is 0 Å². The lowest BCUT2D eigenvalue weighted by Crippen LogP contribution is -2.43. The van der Waals surface area contributed by atoms with Gasteiger partial charge in [-0.15, -0.1) is 0 Å². The highest BCUT2D eigenvalue weighted by Gasteiger charge is 2.38. The second-order valence-electron chi connectivity index (χ2n) is 5.43. The summed E-state index contributed by atoms with van der Waals surface area (Å²) in [5.41, 5.74) is 6.46. The summed E-state index contributed by atoms with van der Waals surface area (Å²) in [6.07, 6.45) is 0.863. The van der Waals surface area contributed by atoms with Crippen LogP contribution in [0.1, 0.15) is 26.7 Å². The standard InChI is InChI=1S/C15H21N3O2/c1-10(16)8-14(19)17-13-9-11(2)18(15(13)20)12-6-4-3-5-7-12/h3-7,10-11,13H,8-9,16H2,1-2H3,(H,17,19). The van der Waals surface area contributed by atoms with Crippen molar-refractivity contribution in [2.45, 2.75) is 44.8 Å². The first-order valence-corrected chi connectivity index (χ1v) is 6.92. The number of para-hydroxylation sites is 1. The molecule has 1 saturated heterocycles. The zero-order valence-electron chi connectivity index (χ0n) is 11.9. The number of nitrogens with two attached hydrogens (primary N) is 1. The van der Waals surface area contributed by atoms with Crippen LogP contribution < -0.4 is 16.0 Å². The lowest BCUT2D eigenvalue weighted by molar-refractivity contribution is -0.126. The van der Waals surface area contributed by atoms with E-state index < -0.39 is 6.04 Å². The Morgan fingerprint density at radius 2 is 2.10 bits per heavy atom. The van der Waals surface area contributed by atoms with E-state index in [2.05, 4.69) is 5.32 Å². The molecule has 5 heteroatoms. The summed E-state index contributed by atoms with van der Waals surface area (Å²) in [7, 11) is 0. The Bertz CT molecular complexity index is 487. The number of hydrogen-bond acceptors (Lipinski definition) is 3. The van der Waals surface area contributed by atoms with E-state index in [9.17, 15) is 9.59 Å². The molecule has 0 saturated carbocycles. The molecule has 1 heterocycles. The molecule has 5 nitrogen and oxygen atoms in total. The number of carbonyl (C=O) groups is 2. The first kappa shape index (κ1) is 14.5. The first-order chi connectivity index (χ1) is 9.49. The fourth-order valence-corrected chi connectivity index (χ4v) is 2.57. The average molecular weight is 275 g/mol. The van der Waals surface area contributed by atoms with Gasteiger partial charge in [0, 0.05) is 24.2 Å². The Morgan fingerprint density at radius 1 is 1.45 bits per heavy atom. The molecule has 3 atom stereocenters. The van der Waals surface area contributed by atoms with Gasteiger partial charge in [0.1, 0.15) is 6.04 Å². The van der Waals surface area contributed by atoms with Crippen molar-refractivity contribution < 1.29 is 9.59 Å². The molecule has 3 unspecified atom stereocenters. The third kappa shape index (κ3) is 3.17. The Labute approximate surface area is 119 Å². The van der Waals surface area contributed by atoms with Crippen LogP contribution in [0, 0.1) is 0 Å². The lowest BCUT2D eigenvalue weighted by atomic mass is 10.1. The van der Waals surface area contributed by atoms with Crippen molar-refractivity contribution in [1.29, 1.82) is 0 Å². The number of benzene rings is 1. The second kappa shape index (κ2) is 6.05. The molecule has 2 rings (SSSR count). The fourth-order valence-electron chi connectivity index (χ4n) is 2.57. The van der Waals surface area contributed by atoms with Gasteiger partial charge < -0.3 is 16.0 Å². The largest absolute Gasteiger partial charge is 0.344 e. The molecule has 20 heavy (non-hydrogen) atoms. The molecule has 0 spiro atoms. The van der Waals surface area contributed by atoms with Gasteiger partial charge in [-0.1, -0.05) is 18.2 Å². The molecule has 0 aliphatic carbocycles. The summed E-state index contributed by atoms with van der Waals surface area (Å²) in [5.74, 6) is -0.220. The van der Waals surface area contributed by atoms with Gasteiger partial charge in [-0.2, -0.15) is 0 Å². The minimum atomic E-state index is -0.448. The Morgan fingerprint density at radius 3 is 2.70 bits per heavy atom. The summed E-state index contributed by atoms with van der Waals surface area (Å²) >= 11 is 0. The van der Waals surface area contributed by atoms with Crippen LogP contribution in [0.15, 0.2) is 30.3 Å². The Hall–Kier alpha value is -1.88. The molecule has 0 aromatic heterocycles. The van der Waals surface area contributed by atoms with E-state index in [4.69, 9.17) is 5.73 Å². The third-order valence-electron chi connectivity index (χ3n) is 3.43. The minimum absolute atomic E-state index is 0.0540. The molecule has 0 radical (unpaired) electrons. The zero-order valence-corrected chi connectivity index (χ0v) is 11.9. The molecule has 1 aromatic carbocycles. The Balaban J connectivity index is 2.06. The van der Waals surface area contributed by atoms with Crippen LogP contribution in [0.5, 0.6) is 0 Å². The molecule has 1 aliphatic heterocycles. The number of amides is 2. The second-order valence-corrected chi connectivity index (χ2v) is 5.43. The van der Waals surface area contributed by atoms with Gasteiger partial charge in [-0.3, -0.25) is 9.59 Å². The normalized spacial score (nSPS) is 23.8. The van der Waals surface area contributed by atoms with Crippen LogP contribution in [-0.2, 0) is 9.59 Å². The van der Waals surface area contributed by atoms with Gasteiger partial charge in [0.2, 0.25) is 11.8 Å². The number of anilines is 1. The van der Waals surface area contributed by atoms with Crippen molar-refractivity contribution >= 4 is 17.5 Å². The molecule has 1 aromatic rings. The maximum Gasteiger partial charge on any atom is 0.249 e. The quantitative estimate of drug-likeness (QED) is 0.862. The summed E-state index contributed by atoms with van der Waals surface area (Å²) in [6, 6.07) is 8.95. The van der Waals surface area contributed by atoms with Gasteiger partial charge in [-0.05, 0) is 32.4 Å². The average Bonchev–Trinajstić information content (AvgIpc) is 2.64.